The van der Waals surface area contributed by atoms with Gasteiger partial charge in [-0.05, 0) is 68.3 Å². The highest BCUT2D eigenvalue weighted by Gasteiger charge is 2.41. The molecule has 3 aliphatic rings. The highest BCUT2D eigenvalue weighted by molar-refractivity contribution is 7.14. The SMILES string of the molecule is Cl.O=C(c1cc2c(s1)CCOC21CCNCC1)N1CCC(Cc2ccccc2)CC1. The van der Waals surface area contributed by atoms with Gasteiger partial charge in [-0.25, -0.2) is 0 Å². The Kier molecular flexibility index (Phi) is 6.83. The molecule has 2 fully saturated rings. The summed E-state index contributed by atoms with van der Waals surface area (Å²) < 4.78 is 6.28. The number of likely N-dealkylation sites (tertiary alicyclic amines) is 1. The van der Waals surface area contributed by atoms with Gasteiger partial charge in [0.15, 0.2) is 0 Å². The first-order valence-corrected chi connectivity index (χ1v) is 11.9. The largest absolute Gasteiger partial charge is 0.370 e. The number of rotatable bonds is 3. The summed E-state index contributed by atoms with van der Waals surface area (Å²) in [5, 5.41) is 3.44. The second-order valence-electron chi connectivity index (χ2n) is 8.72. The molecule has 3 aliphatic heterocycles. The molecule has 0 unspecified atom stereocenters. The minimum absolute atomic E-state index is 0. The highest BCUT2D eigenvalue weighted by Crippen LogP contribution is 2.43. The van der Waals surface area contributed by atoms with E-state index >= 15 is 0 Å². The summed E-state index contributed by atoms with van der Waals surface area (Å²) >= 11 is 1.72. The quantitative estimate of drug-likeness (QED) is 0.758. The van der Waals surface area contributed by atoms with Crippen LogP contribution in [0.5, 0.6) is 0 Å². The average Bonchev–Trinajstić information content (AvgIpc) is 3.21. The molecule has 1 amide bonds. The van der Waals surface area contributed by atoms with E-state index in [0.29, 0.717) is 5.92 Å². The van der Waals surface area contributed by atoms with Crippen LogP contribution < -0.4 is 5.32 Å². The molecular weight excluding hydrogens is 416 g/mol. The molecule has 1 aromatic heterocycles. The molecule has 1 N–H and O–H groups in total. The Morgan fingerprint density at radius 3 is 2.63 bits per heavy atom. The minimum Gasteiger partial charge on any atom is -0.370 e. The van der Waals surface area contributed by atoms with E-state index < -0.39 is 0 Å². The molecule has 6 heteroatoms. The zero-order valence-electron chi connectivity index (χ0n) is 17.4. The van der Waals surface area contributed by atoms with Crippen LogP contribution in [0.1, 0.15) is 51.4 Å². The Labute approximate surface area is 189 Å². The van der Waals surface area contributed by atoms with Crippen molar-refractivity contribution in [3.63, 3.8) is 0 Å². The van der Waals surface area contributed by atoms with Crippen LogP contribution in [0.3, 0.4) is 0 Å². The van der Waals surface area contributed by atoms with Gasteiger partial charge in [-0.2, -0.15) is 0 Å². The Morgan fingerprint density at radius 2 is 1.90 bits per heavy atom. The number of carbonyl (C=O) groups excluding carboxylic acids is 1. The summed E-state index contributed by atoms with van der Waals surface area (Å²) in [6, 6.07) is 12.9. The lowest BCUT2D eigenvalue weighted by Crippen LogP contribution is -2.44. The molecule has 0 bridgehead atoms. The highest BCUT2D eigenvalue weighted by atomic mass is 35.5. The van der Waals surface area contributed by atoms with E-state index in [1.54, 1.807) is 11.3 Å². The van der Waals surface area contributed by atoms with Crippen molar-refractivity contribution in [3.8, 4) is 0 Å². The van der Waals surface area contributed by atoms with Crippen molar-refractivity contribution in [1.82, 2.24) is 10.2 Å². The van der Waals surface area contributed by atoms with Crippen LogP contribution in [0.25, 0.3) is 0 Å². The molecule has 2 saturated heterocycles. The third kappa shape index (κ3) is 4.31. The zero-order valence-corrected chi connectivity index (χ0v) is 19.0. The van der Waals surface area contributed by atoms with Gasteiger partial charge in [-0.1, -0.05) is 30.3 Å². The predicted molar refractivity (Wildman–Crippen MR) is 124 cm³/mol. The molecule has 162 valence electrons. The smallest absolute Gasteiger partial charge is 0.263 e. The van der Waals surface area contributed by atoms with E-state index in [1.807, 2.05) is 0 Å². The van der Waals surface area contributed by atoms with Gasteiger partial charge in [0.2, 0.25) is 0 Å². The van der Waals surface area contributed by atoms with Crippen molar-refractivity contribution in [1.29, 1.82) is 0 Å². The predicted octanol–water partition coefficient (Wildman–Crippen LogP) is 4.42. The molecule has 1 spiro atoms. The van der Waals surface area contributed by atoms with Gasteiger partial charge in [-0.15, -0.1) is 23.7 Å². The number of benzene rings is 1. The zero-order chi connectivity index (χ0) is 19.7. The molecule has 4 nitrogen and oxygen atoms in total. The number of amides is 1. The van der Waals surface area contributed by atoms with E-state index in [1.165, 1.54) is 16.0 Å². The first-order valence-electron chi connectivity index (χ1n) is 11.0. The number of ether oxygens (including phenoxy) is 1. The van der Waals surface area contributed by atoms with Crippen LogP contribution in [0.4, 0.5) is 0 Å². The molecule has 5 rings (SSSR count). The van der Waals surface area contributed by atoms with Crippen molar-refractivity contribution in [2.75, 3.05) is 32.8 Å². The number of fused-ring (bicyclic) bond motifs is 2. The monoisotopic (exact) mass is 446 g/mol. The topological polar surface area (TPSA) is 41.6 Å². The summed E-state index contributed by atoms with van der Waals surface area (Å²) in [5.74, 6) is 0.913. The summed E-state index contributed by atoms with van der Waals surface area (Å²) in [6.07, 6.45) is 6.30. The van der Waals surface area contributed by atoms with Crippen LogP contribution in [-0.2, 0) is 23.2 Å². The van der Waals surface area contributed by atoms with Crippen LogP contribution >= 0.6 is 23.7 Å². The van der Waals surface area contributed by atoms with Gasteiger partial charge < -0.3 is 15.0 Å². The maximum Gasteiger partial charge on any atom is 0.263 e. The average molecular weight is 447 g/mol. The van der Waals surface area contributed by atoms with Gasteiger partial charge in [0.1, 0.15) is 0 Å². The second-order valence-corrected chi connectivity index (χ2v) is 9.85. The molecule has 4 heterocycles. The van der Waals surface area contributed by atoms with Crippen LogP contribution in [0.15, 0.2) is 36.4 Å². The molecule has 0 radical (unpaired) electrons. The summed E-state index contributed by atoms with van der Waals surface area (Å²) in [4.78, 5) is 17.6. The van der Waals surface area contributed by atoms with Crippen LogP contribution in [0.2, 0.25) is 0 Å². The maximum atomic E-state index is 13.2. The molecule has 2 aromatic rings. The number of hydrogen-bond donors (Lipinski definition) is 1. The molecule has 0 atom stereocenters. The van der Waals surface area contributed by atoms with Gasteiger partial charge in [0.05, 0.1) is 17.1 Å². The molecule has 0 saturated carbocycles. The van der Waals surface area contributed by atoms with E-state index in [2.05, 4.69) is 46.6 Å². The van der Waals surface area contributed by atoms with Gasteiger partial charge >= 0.3 is 0 Å². The number of nitrogens with one attached hydrogen (secondary N) is 1. The first kappa shape index (κ1) is 21.8. The number of piperidine rings is 2. The van der Waals surface area contributed by atoms with Crippen molar-refractivity contribution >= 4 is 29.7 Å². The molecular formula is C24H31ClN2O2S. The van der Waals surface area contributed by atoms with Crippen LogP contribution in [-0.4, -0.2) is 43.6 Å². The number of nitrogens with zero attached hydrogens (tertiary/aromatic N) is 1. The summed E-state index contributed by atoms with van der Waals surface area (Å²) in [7, 11) is 0. The first-order chi connectivity index (χ1) is 14.2. The maximum absolute atomic E-state index is 13.2. The van der Waals surface area contributed by atoms with Crippen LogP contribution in [0, 0.1) is 5.92 Å². The molecule has 1 aromatic carbocycles. The molecule has 0 aliphatic carbocycles. The van der Waals surface area contributed by atoms with Gasteiger partial charge in [-0.3, -0.25) is 4.79 Å². The van der Waals surface area contributed by atoms with E-state index in [-0.39, 0.29) is 23.9 Å². The fourth-order valence-corrected chi connectivity index (χ4v) is 6.41. The lowest BCUT2D eigenvalue weighted by atomic mass is 9.83. The van der Waals surface area contributed by atoms with Crippen molar-refractivity contribution < 1.29 is 9.53 Å². The van der Waals surface area contributed by atoms with Gasteiger partial charge in [0, 0.05) is 24.4 Å². The third-order valence-corrected chi connectivity index (χ3v) is 8.08. The minimum atomic E-state index is -0.156. The number of carbonyl (C=O) groups is 1. The number of thiophene rings is 1. The Hall–Kier alpha value is -1.40. The fourth-order valence-electron chi connectivity index (χ4n) is 5.21. The Morgan fingerprint density at radius 1 is 1.17 bits per heavy atom. The van der Waals surface area contributed by atoms with Crippen molar-refractivity contribution in [2.24, 2.45) is 5.92 Å². The normalized spacial score (nSPS) is 21.1. The lowest BCUT2D eigenvalue weighted by Gasteiger charge is -2.40. The van der Waals surface area contributed by atoms with E-state index in [9.17, 15) is 4.79 Å². The van der Waals surface area contributed by atoms with E-state index in [4.69, 9.17) is 4.74 Å². The Balaban J connectivity index is 0.00000218. The standard InChI is InChI=1S/C24H30N2O2S.ClH/c27-23(26-13-6-19(7-14-26)16-18-4-2-1-3-5-18)22-17-20-21(29-22)8-15-28-24(20)9-11-25-12-10-24;/h1-5,17,19,25H,6-16H2;1H. The van der Waals surface area contributed by atoms with E-state index in [0.717, 1.165) is 76.2 Å². The summed E-state index contributed by atoms with van der Waals surface area (Å²) in [5.41, 5.74) is 2.56. The third-order valence-electron chi connectivity index (χ3n) is 6.90. The number of halogens is 1. The fraction of sp³-hybridized carbons (Fsp3) is 0.542. The van der Waals surface area contributed by atoms with Crippen molar-refractivity contribution in [3.05, 3.63) is 57.3 Å². The van der Waals surface area contributed by atoms with Gasteiger partial charge in [0.25, 0.3) is 5.91 Å². The number of hydrogen-bond acceptors (Lipinski definition) is 4. The lowest BCUT2D eigenvalue weighted by molar-refractivity contribution is -0.0792. The second kappa shape index (κ2) is 9.39. The molecule has 30 heavy (non-hydrogen) atoms. The Bertz CT molecular complexity index is 855. The summed E-state index contributed by atoms with van der Waals surface area (Å²) in [6.45, 7) is 4.53. The van der Waals surface area contributed by atoms with Crippen molar-refractivity contribution in [2.45, 2.75) is 44.1 Å².